The predicted molar refractivity (Wildman–Crippen MR) is 111 cm³/mol. The highest BCUT2D eigenvalue weighted by molar-refractivity contribution is 5.87. The Kier molecular flexibility index (Phi) is 6.03. The van der Waals surface area contributed by atoms with E-state index in [2.05, 4.69) is 24.1 Å². The van der Waals surface area contributed by atoms with Crippen molar-refractivity contribution in [2.24, 2.45) is 10.2 Å². The summed E-state index contributed by atoms with van der Waals surface area (Å²) in [4.78, 5) is 23.0. The number of hydrogen-bond donors (Lipinski definition) is 2. The van der Waals surface area contributed by atoms with Gasteiger partial charge < -0.3 is 14.9 Å². The van der Waals surface area contributed by atoms with E-state index in [4.69, 9.17) is 9.84 Å². The number of carbonyl (C=O) groups is 2. The molecule has 0 radical (unpaired) electrons. The van der Waals surface area contributed by atoms with Gasteiger partial charge >= 0.3 is 11.9 Å². The lowest BCUT2D eigenvalue weighted by molar-refractivity contribution is -0.150. The molecule has 0 spiro atoms. The molecule has 2 aromatic rings. The van der Waals surface area contributed by atoms with Crippen LogP contribution < -0.4 is 0 Å². The third-order valence-electron chi connectivity index (χ3n) is 5.53. The van der Waals surface area contributed by atoms with Gasteiger partial charge in [0.15, 0.2) is 0 Å². The fraction of sp³-hybridized carbons (Fsp3) is 0.391. The third kappa shape index (κ3) is 4.57. The largest absolute Gasteiger partial charge is 0.478 e. The van der Waals surface area contributed by atoms with Crippen molar-refractivity contribution >= 4 is 23.3 Å². The number of esters is 1. The molecule has 1 atom stereocenters. The number of carboxylic acid groups (broad SMARTS) is 1. The summed E-state index contributed by atoms with van der Waals surface area (Å²) >= 11 is 0. The van der Waals surface area contributed by atoms with Gasteiger partial charge in [-0.15, -0.1) is 0 Å². The van der Waals surface area contributed by atoms with E-state index in [0.29, 0.717) is 23.4 Å². The zero-order valence-corrected chi connectivity index (χ0v) is 17.4. The standard InChI is InChI=1S/C23H26N2O5/c1-4-30-20(26)14-23(29)12-11-22(2,3)18-10-9-17(13-19(18)23)25-24-16-7-5-15(6-8-16)21(27)28/h5-10,13,29H,4,11-12,14H2,1-3H3,(H,27,28). The highest BCUT2D eigenvalue weighted by Gasteiger charge is 2.43. The Balaban J connectivity index is 1.92. The quantitative estimate of drug-likeness (QED) is 0.514. The Labute approximate surface area is 175 Å². The second kappa shape index (κ2) is 8.36. The molecule has 30 heavy (non-hydrogen) atoms. The van der Waals surface area contributed by atoms with Crippen LogP contribution in [0, 0.1) is 0 Å². The summed E-state index contributed by atoms with van der Waals surface area (Å²) in [6.45, 7) is 6.23. The Hall–Kier alpha value is -3.06. The molecular weight excluding hydrogens is 384 g/mol. The number of hydrogen-bond acceptors (Lipinski definition) is 6. The molecule has 0 saturated heterocycles. The van der Waals surface area contributed by atoms with Gasteiger partial charge in [0.2, 0.25) is 0 Å². The first-order valence-corrected chi connectivity index (χ1v) is 9.93. The molecule has 0 aromatic heterocycles. The Morgan fingerprint density at radius 2 is 1.63 bits per heavy atom. The molecule has 0 bridgehead atoms. The molecule has 0 saturated carbocycles. The SMILES string of the molecule is CCOC(=O)CC1(O)CCC(C)(C)c2ccc(N=Nc3ccc(C(=O)O)cc3)cc21. The van der Waals surface area contributed by atoms with Gasteiger partial charge in [0.25, 0.3) is 0 Å². The van der Waals surface area contributed by atoms with Crippen LogP contribution in [0.3, 0.4) is 0 Å². The molecule has 0 amide bonds. The smallest absolute Gasteiger partial charge is 0.335 e. The van der Waals surface area contributed by atoms with E-state index in [-0.39, 0.29) is 24.0 Å². The number of rotatable bonds is 6. The van der Waals surface area contributed by atoms with Crippen LogP contribution in [0.1, 0.15) is 61.5 Å². The van der Waals surface area contributed by atoms with E-state index in [1.54, 1.807) is 25.1 Å². The number of fused-ring (bicyclic) bond motifs is 1. The van der Waals surface area contributed by atoms with E-state index < -0.39 is 17.5 Å². The Morgan fingerprint density at radius 1 is 1.00 bits per heavy atom. The van der Waals surface area contributed by atoms with Gasteiger partial charge in [-0.25, -0.2) is 4.79 Å². The van der Waals surface area contributed by atoms with Crippen molar-refractivity contribution in [3.63, 3.8) is 0 Å². The van der Waals surface area contributed by atoms with Crippen LogP contribution in [0.5, 0.6) is 0 Å². The second-order valence-electron chi connectivity index (χ2n) is 8.18. The second-order valence-corrected chi connectivity index (χ2v) is 8.18. The Morgan fingerprint density at radius 3 is 2.27 bits per heavy atom. The van der Waals surface area contributed by atoms with Crippen LogP contribution >= 0.6 is 0 Å². The monoisotopic (exact) mass is 410 g/mol. The summed E-state index contributed by atoms with van der Waals surface area (Å²) in [5, 5.41) is 28.7. The lowest BCUT2D eigenvalue weighted by Gasteiger charge is -2.42. The van der Waals surface area contributed by atoms with Gasteiger partial charge in [-0.05, 0) is 72.7 Å². The first-order valence-electron chi connectivity index (χ1n) is 9.93. The molecule has 7 nitrogen and oxygen atoms in total. The predicted octanol–water partition coefficient (Wildman–Crippen LogP) is 5.01. The zero-order valence-electron chi connectivity index (χ0n) is 17.4. The average Bonchev–Trinajstić information content (AvgIpc) is 2.70. The molecule has 7 heteroatoms. The van der Waals surface area contributed by atoms with Gasteiger partial charge in [0, 0.05) is 0 Å². The minimum Gasteiger partial charge on any atom is -0.478 e. The van der Waals surface area contributed by atoms with Crippen molar-refractivity contribution in [3.8, 4) is 0 Å². The van der Waals surface area contributed by atoms with Gasteiger partial charge in [-0.2, -0.15) is 10.2 Å². The molecule has 158 valence electrons. The fourth-order valence-electron chi connectivity index (χ4n) is 3.78. The van der Waals surface area contributed by atoms with Crippen molar-refractivity contribution in [1.29, 1.82) is 0 Å². The summed E-state index contributed by atoms with van der Waals surface area (Å²) in [6.07, 6.45) is 1.08. The molecule has 1 unspecified atom stereocenters. The van der Waals surface area contributed by atoms with Gasteiger partial charge in [-0.3, -0.25) is 4.79 Å². The van der Waals surface area contributed by atoms with Gasteiger partial charge in [0.1, 0.15) is 5.60 Å². The average molecular weight is 410 g/mol. The molecule has 3 rings (SSSR count). The van der Waals surface area contributed by atoms with Crippen LogP contribution in [0.2, 0.25) is 0 Å². The van der Waals surface area contributed by atoms with Crippen molar-refractivity contribution in [1.82, 2.24) is 0 Å². The van der Waals surface area contributed by atoms with Crippen molar-refractivity contribution in [2.45, 2.75) is 51.0 Å². The van der Waals surface area contributed by atoms with E-state index in [1.807, 2.05) is 12.1 Å². The minimum absolute atomic E-state index is 0.110. The number of aromatic carboxylic acids is 1. The van der Waals surface area contributed by atoms with E-state index in [1.165, 1.54) is 12.1 Å². The van der Waals surface area contributed by atoms with Gasteiger partial charge in [-0.1, -0.05) is 19.9 Å². The number of ether oxygens (including phenoxy) is 1. The van der Waals surface area contributed by atoms with Crippen LogP contribution in [0.4, 0.5) is 11.4 Å². The highest BCUT2D eigenvalue weighted by Crippen LogP contribution is 2.47. The molecule has 0 heterocycles. The number of nitrogens with zero attached hydrogens (tertiary/aromatic N) is 2. The van der Waals surface area contributed by atoms with E-state index >= 15 is 0 Å². The number of benzene rings is 2. The molecule has 1 aliphatic carbocycles. The van der Waals surface area contributed by atoms with Crippen molar-refractivity contribution in [2.75, 3.05) is 6.61 Å². The Bertz CT molecular complexity index is 982. The lowest BCUT2D eigenvalue weighted by atomic mass is 9.66. The van der Waals surface area contributed by atoms with Crippen molar-refractivity contribution < 1.29 is 24.5 Å². The summed E-state index contributed by atoms with van der Waals surface area (Å²) in [5.41, 5.74) is 1.42. The molecular formula is C23H26N2O5. The summed E-state index contributed by atoms with van der Waals surface area (Å²) in [7, 11) is 0. The maximum atomic E-state index is 12.1. The summed E-state index contributed by atoms with van der Waals surface area (Å²) < 4.78 is 5.06. The molecule has 0 fully saturated rings. The molecule has 0 aliphatic heterocycles. The molecule has 2 aromatic carbocycles. The zero-order chi connectivity index (χ0) is 21.9. The number of aliphatic hydroxyl groups is 1. The number of azo groups is 1. The summed E-state index contributed by atoms with van der Waals surface area (Å²) in [5.74, 6) is -1.44. The minimum atomic E-state index is -1.31. The summed E-state index contributed by atoms with van der Waals surface area (Å²) in [6, 6.07) is 11.6. The van der Waals surface area contributed by atoms with Crippen LogP contribution in [0.15, 0.2) is 52.7 Å². The van der Waals surface area contributed by atoms with Crippen molar-refractivity contribution in [3.05, 3.63) is 59.2 Å². The maximum absolute atomic E-state index is 12.1. The first-order chi connectivity index (χ1) is 14.1. The maximum Gasteiger partial charge on any atom is 0.335 e. The molecule has 1 aliphatic rings. The number of carbonyl (C=O) groups excluding carboxylic acids is 1. The van der Waals surface area contributed by atoms with Gasteiger partial charge in [0.05, 0.1) is 30.0 Å². The lowest BCUT2D eigenvalue weighted by Crippen LogP contribution is -2.39. The molecule has 2 N–H and O–H groups in total. The normalized spacial score (nSPS) is 20.0. The van der Waals surface area contributed by atoms with E-state index in [9.17, 15) is 14.7 Å². The highest BCUT2D eigenvalue weighted by atomic mass is 16.5. The third-order valence-corrected chi connectivity index (χ3v) is 5.53. The van der Waals surface area contributed by atoms with E-state index in [0.717, 1.165) is 12.0 Å². The number of carboxylic acids is 1. The van der Waals surface area contributed by atoms with Crippen LogP contribution in [-0.4, -0.2) is 28.8 Å². The van der Waals surface area contributed by atoms with Crippen LogP contribution in [0.25, 0.3) is 0 Å². The first kappa shape index (κ1) is 21.6. The fourth-order valence-corrected chi connectivity index (χ4v) is 3.78. The topological polar surface area (TPSA) is 109 Å². The van der Waals surface area contributed by atoms with Crippen LogP contribution in [-0.2, 0) is 20.5 Å².